The molecule has 24 heavy (non-hydrogen) atoms. The largest absolute Gasteiger partial charge is 0.497 e. The van der Waals surface area contributed by atoms with Crippen LogP contribution in [0.25, 0.3) is 11.0 Å². The second-order valence-electron chi connectivity index (χ2n) is 4.98. The number of hydrogen-bond acceptors (Lipinski definition) is 4. The summed E-state index contributed by atoms with van der Waals surface area (Å²) in [7, 11) is 1.60. The van der Waals surface area contributed by atoms with Crippen molar-refractivity contribution >= 4 is 16.9 Å². The molecule has 3 rings (SSSR count). The van der Waals surface area contributed by atoms with Crippen molar-refractivity contribution in [2.75, 3.05) is 7.11 Å². The molecule has 3 aromatic rings. The molecule has 0 unspecified atom stereocenters. The summed E-state index contributed by atoms with van der Waals surface area (Å²) >= 11 is 0. The molecule has 2 aromatic carbocycles. The third-order valence-electron chi connectivity index (χ3n) is 3.41. The van der Waals surface area contributed by atoms with Gasteiger partial charge in [-0.15, -0.1) is 0 Å². The highest BCUT2D eigenvalue weighted by Crippen LogP contribution is 2.16. The fraction of sp³-hybridized carbons (Fsp3) is 0.0526. The minimum Gasteiger partial charge on any atom is -0.497 e. The van der Waals surface area contributed by atoms with Gasteiger partial charge >= 0.3 is 11.6 Å². The van der Waals surface area contributed by atoms with Crippen LogP contribution in [0.15, 0.2) is 57.7 Å². The normalized spacial score (nSPS) is 10.0. The summed E-state index contributed by atoms with van der Waals surface area (Å²) in [6, 6.07) is 13.6. The Morgan fingerprint density at radius 2 is 1.71 bits per heavy atom. The molecule has 1 aromatic heterocycles. The minimum absolute atomic E-state index is 0.298. The van der Waals surface area contributed by atoms with Crippen LogP contribution in [0.4, 0.5) is 0 Å². The third kappa shape index (κ3) is 3.13. The first-order chi connectivity index (χ1) is 11.6. The van der Waals surface area contributed by atoms with E-state index in [1.54, 1.807) is 25.3 Å². The molecule has 0 aliphatic carbocycles. The molecular formula is C19H12O5. The number of aromatic carboxylic acids is 1. The fourth-order valence-corrected chi connectivity index (χ4v) is 2.16. The van der Waals surface area contributed by atoms with Crippen LogP contribution in [0, 0.1) is 11.8 Å². The molecule has 0 amide bonds. The zero-order chi connectivity index (χ0) is 17.1. The van der Waals surface area contributed by atoms with Crippen LogP contribution in [0.2, 0.25) is 0 Å². The van der Waals surface area contributed by atoms with Gasteiger partial charge in [0.1, 0.15) is 16.9 Å². The van der Waals surface area contributed by atoms with Gasteiger partial charge in [-0.05, 0) is 48.5 Å². The summed E-state index contributed by atoms with van der Waals surface area (Å²) in [5, 5.41) is 9.47. The van der Waals surface area contributed by atoms with Gasteiger partial charge in [0.25, 0.3) is 0 Å². The van der Waals surface area contributed by atoms with Gasteiger partial charge in [0.15, 0.2) is 0 Å². The summed E-state index contributed by atoms with van der Waals surface area (Å²) in [6.07, 6.45) is 0. The number of fused-ring (bicyclic) bond motifs is 1. The van der Waals surface area contributed by atoms with Crippen LogP contribution in [0.5, 0.6) is 5.75 Å². The summed E-state index contributed by atoms with van der Waals surface area (Å²) in [5.74, 6) is 5.42. The molecule has 0 saturated heterocycles. The fourth-order valence-electron chi connectivity index (χ4n) is 2.16. The van der Waals surface area contributed by atoms with E-state index >= 15 is 0 Å². The number of benzene rings is 2. The van der Waals surface area contributed by atoms with Gasteiger partial charge in [-0.2, -0.15) is 0 Å². The Balaban J connectivity index is 1.96. The Morgan fingerprint density at radius 1 is 1.04 bits per heavy atom. The maximum absolute atomic E-state index is 11.6. The van der Waals surface area contributed by atoms with Gasteiger partial charge in [0.2, 0.25) is 0 Å². The molecular weight excluding hydrogens is 308 g/mol. The lowest BCUT2D eigenvalue weighted by Crippen LogP contribution is -2.12. The molecule has 0 saturated carbocycles. The number of rotatable bonds is 2. The van der Waals surface area contributed by atoms with E-state index in [9.17, 15) is 9.59 Å². The lowest BCUT2D eigenvalue weighted by Gasteiger charge is -1.99. The Labute approximate surface area is 137 Å². The van der Waals surface area contributed by atoms with E-state index in [1.165, 1.54) is 6.07 Å². The quantitative estimate of drug-likeness (QED) is 0.580. The van der Waals surface area contributed by atoms with E-state index in [-0.39, 0.29) is 5.56 Å². The molecule has 5 heteroatoms. The first-order valence-electron chi connectivity index (χ1n) is 7.04. The van der Waals surface area contributed by atoms with Crippen molar-refractivity contribution in [2.24, 2.45) is 0 Å². The van der Waals surface area contributed by atoms with Crippen molar-refractivity contribution in [2.45, 2.75) is 0 Å². The summed E-state index contributed by atoms with van der Waals surface area (Å²) in [5.41, 5.74) is 0.504. The highest BCUT2D eigenvalue weighted by atomic mass is 16.5. The van der Waals surface area contributed by atoms with Gasteiger partial charge in [0.05, 0.1) is 7.11 Å². The standard InChI is InChI=1S/C19H12O5/c1-23-15-8-5-12(6-9-15)2-3-13-4-7-14-11-16(18(20)21)19(22)24-17(14)10-13/h4-11H,1H3,(H,20,21). The second kappa shape index (κ2) is 6.31. The summed E-state index contributed by atoms with van der Waals surface area (Å²) in [4.78, 5) is 22.6. The Morgan fingerprint density at radius 3 is 2.38 bits per heavy atom. The predicted octanol–water partition coefficient (Wildman–Crippen LogP) is 2.90. The van der Waals surface area contributed by atoms with Crippen LogP contribution in [0.3, 0.4) is 0 Å². The molecule has 0 aliphatic rings. The lowest BCUT2D eigenvalue weighted by atomic mass is 10.1. The molecule has 118 valence electrons. The first-order valence-corrected chi connectivity index (χ1v) is 7.04. The number of carbonyl (C=O) groups is 1. The molecule has 0 bridgehead atoms. The summed E-state index contributed by atoms with van der Waals surface area (Å²) < 4.78 is 10.1. The monoisotopic (exact) mass is 320 g/mol. The number of ether oxygens (including phenoxy) is 1. The molecule has 0 fully saturated rings. The zero-order valence-electron chi connectivity index (χ0n) is 12.7. The van der Waals surface area contributed by atoms with Crippen molar-refractivity contribution in [1.29, 1.82) is 0 Å². The zero-order valence-corrected chi connectivity index (χ0v) is 12.7. The van der Waals surface area contributed by atoms with Gasteiger partial charge < -0.3 is 14.3 Å². The minimum atomic E-state index is -1.31. The number of hydrogen-bond donors (Lipinski definition) is 1. The first kappa shape index (κ1) is 15.4. The average Bonchev–Trinajstić information content (AvgIpc) is 2.59. The molecule has 1 heterocycles. The predicted molar refractivity (Wildman–Crippen MR) is 88.4 cm³/mol. The maximum Gasteiger partial charge on any atom is 0.351 e. The van der Waals surface area contributed by atoms with Gasteiger partial charge in [-0.25, -0.2) is 9.59 Å². The van der Waals surface area contributed by atoms with E-state index in [2.05, 4.69) is 11.8 Å². The van der Waals surface area contributed by atoms with Crippen molar-refractivity contribution in [3.05, 3.63) is 75.6 Å². The molecule has 0 aliphatic heterocycles. The van der Waals surface area contributed by atoms with Gasteiger partial charge in [-0.3, -0.25) is 0 Å². The van der Waals surface area contributed by atoms with Crippen LogP contribution in [0.1, 0.15) is 21.5 Å². The number of carboxylic acids is 1. The Hall–Kier alpha value is -3.52. The smallest absolute Gasteiger partial charge is 0.351 e. The lowest BCUT2D eigenvalue weighted by molar-refractivity contribution is 0.0692. The molecule has 0 radical (unpaired) electrons. The third-order valence-corrected chi connectivity index (χ3v) is 3.41. The van der Waals surface area contributed by atoms with Crippen LogP contribution in [-0.2, 0) is 0 Å². The average molecular weight is 320 g/mol. The highest BCUT2D eigenvalue weighted by Gasteiger charge is 2.11. The molecule has 1 N–H and O–H groups in total. The van der Waals surface area contributed by atoms with E-state index in [4.69, 9.17) is 14.3 Å². The van der Waals surface area contributed by atoms with Crippen molar-refractivity contribution < 1.29 is 19.1 Å². The topological polar surface area (TPSA) is 76.7 Å². The van der Waals surface area contributed by atoms with E-state index in [1.807, 2.05) is 24.3 Å². The summed E-state index contributed by atoms with van der Waals surface area (Å²) in [6.45, 7) is 0. The second-order valence-corrected chi connectivity index (χ2v) is 4.98. The van der Waals surface area contributed by atoms with Crippen molar-refractivity contribution in [3.63, 3.8) is 0 Å². The van der Waals surface area contributed by atoms with Gasteiger partial charge in [-0.1, -0.05) is 11.8 Å². The van der Waals surface area contributed by atoms with E-state index in [0.717, 1.165) is 11.3 Å². The van der Waals surface area contributed by atoms with Gasteiger partial charge in [0, 0.05) is 16.5 Å². The van der Waals surface area contributed by atoms with E-state index < -0.39 is 11.6 Å². The van der Waals surface area contributed by atoms with E-state index in [0.29, 0.717) is 16.5 Å². The molecule has 0 spiro atoms. The SMILES string of the molecule is COc1ccc(C#Cc2ccc3cc(C(=O)O)c(=O)oc3c2)cc1. The van der Waals surface area contributed by atoms with Crippen LogP contribution in [-0.4, -0.2) is 18.2 Å². The van der Waals surface area contributed by atoms with Crippen LogP contribution < -0.4 is 10.4 Å². The number of methoxy groups -OCH3 is 1. The Kier molecular flexibility index (Phi) is 4.04. The Bertz CT molecular complexity index is 1030. The molecule has 5 nitrogen and oxygen atoms in total. The number of carboxylic acid groups (broad SMARTS) is 1. The highest BCUT2D eigenvalue weighted by molar-refractivity contribution is 5.91. The van der Waals surface area contributed by atoms with Crippen molar-refractivity contribution in [1.82, 2.24) is 0 Å². The molecule has 0 atom stereocenters. The maximum atomic E-state index is 11.6. The van der Waals surface area contributed by atoms with Crippen molar-refractivity contribution in [3.8, 4) is 17.6 Å². The van der Waals surface area contributed by atoms with Crippen LogP contribution >= 0.6 is 0 Å².